The van der Waals surface area contributed by atoms with Crippen LogP contribution < -0.4 is 32.7 Å². The van der Waals surface area contributed by atoms with E-state index in [0.717, 1.165) is 5.56 Å². The van der Waals surface area contributed by atoms with Gasteiger partial charge in [0.1, 0.15) is 24.2 Å². The molecule has 0 saturated carbocycles. The Hall–Kier alpha value is -3.65. The number of amides is 5. The number of hydrogen-bond acceptors (Lipinski definition) is 8. The molecule has 0 aromatic heterocycles. The molecular weight excluding hydrogens is 552 g/mol. The molecule has 228 valence electrons. The minimum Gasteiger partial charge on any atom is -0.480 e. The largest absolute Gasteiger partial charge is 0.480 e. The van der Waals surface area contributed by atoms with E-state index in [1.165, 1.54) is 0 Å². The van der Waals surface area contributed by atoms with E-state index >= 15 is 0 Å². The van der Waals surface area contributed by atoms with Gasteiger partial charge in [0.25, 0.3) is 0 Å². The highest BCUT2D eigenvalue weighted by Gasteiger charge is 2.34. The minimum absolute atomic E-state index is 0.130. The second-order valence-corrected chi connectivity index (χ2v) is 10.8. The van der Waals surface area contributed by atoms with Crippen LogP contribution in [0.1, 0.15) is 46.1 Å². The molecule has 5 amide bonds. The molecule has 0 saturated heterocycles. The number of primary amides is 1. The molecule has 1 aromatic rings. The predicted octanol–water partition coefficient (Wildman–Crippen LogP) is -0.912. The Balaban J connectivity index is 3.03. The van der Waals surface area contributed by atoms with Gasteiger partial charge in [0.2, 0.25) is 29.5 Å². The fourth-order valence-corrected chi connectivity index (χ4v) is 4.06. The summed E-state index contributed by atoms with van der Waals surface area (Å²) >= 11 is 3.93. The first-order chi connectivity index (χ1) is 19.2. The molecule has 13 nitrogen and oxygen atoms in total. The van der Waals surface area contributed by atoms with Crippen LogP contribution in [0.5, 0.6) is 0 Å². The van der Waals surface area contributed by atoms with Crippen molar-refractivity contribution in [2.24, 2.45) is 23.3 Å². The zero-order chi connectivity index (χ0) is 31.3. The average molecular weight is 595 g/mol. The van der Waals surface area contributed by atoms with Crippen molar-refractivity contribution in [3.63, 3.8) is 0 Å². The number of carboxylic acids is 1. The number of thiol groups is 1. The summed E-state index contributed by atoms with van der Waals surface area (Å²) < 4.78 is 0. The summed E-state index contributed by atoms with van der Waals surface area (Å²) in [5.74, 6) is -5.78. The van der Waals surface area contributed by atoms with Crippen molar-refractivity contribution >= 4 is 48.1 Å². The molecule has 14 heteroatoms. The van der Waals surface area contributed by atoms with Crippen molar-refractivity contribution in [3.8, 4) is 0 Å². The van der Waals surface area contributed by atoms with Crippen LogP contribution in [0.25, 0.3) is 0 Å². The first-order valence-electron chi connectivity index (χ1n) is 13.3. The molecule has 5 atom stereocenters. The highest BCUT2D eigenvalue weighted by Crippen LogP contribution is 2.09. The van der Waals surface area contributed by atoms with Crippen LogP contribution in [0.2, 0.25) is 0 Å². The van der Waals surface area contributed by atoms with Gasteiger partial charge in [-0.1, -0.05) is 58.0 Å². The van der Waals surface area contributed by atoms with Gasteiger partial charge in [-0.05, 0) is 30.2 Å². The second-order valence-electron chi connectivity index (χ2n) is 10.4. The summed E-state index contributed by atoms with van der Waals surface area (Å²) in [5, 5.41) is 19.3. The van der Waals surface area contributed by atoms with Gasteiger partial charge >= 0.3 is 5.97 Å². The fraction of sp³-hybridized carbons (Fsp3) is 0.556. The highest BCUT2D eigenvalue weighted by atomic mass is 32.1. The molecule has 0 heterocycles. The standard InChI is InChI=1S/C27H42N6O7S/c1-14(2)21(25(37)31-19(13-41)27(39)40)33-26(38)22(15(3)4)32-24(36)18(10-11-20(29)34)30-23(35)17(28)12-16-8-6-5-7-9-16/h5-9,14-15,17-19,21-22,41H,10-13,28H2,1-4H3,(H2,29,34)(H,30,35)(H,31,37)(H,32,36)(H,33,38)(H,39,40)/t17-,18-,19-,21-,22-/m0/s1. The van der Waals surface area contributed by atoms with Crippen LogP contribution in [0, 0.1) is 11.8 Å². The lowest BCUT2D eigenvalue weighted by atomic mass is 9.98. The minimum atomic E-state index is -1.28. The molecule has 1 aromatic carbocycles. The molecule has 0 unspecified atom stereocenters. The number of carbonyl (C=O) groups is 6. The molecule has 1 rings (SSSR count). The summed E-state index contributed by atoms with van der Waals surface area (Å²) in [5.41, 5.74) is 12.1. The number of nitrogens with one attached hydrogen (secondary N) is 4. The van der Waals surface area contributed by atoms with Gasteiger partial charge < -0.3 is 37.8 Å². The summed E-state index contributed by atoms with van der Waals surface area (Å²) in [6, 6.07) is 3.34. The molecule has 0 aliphatic carbocycles. The van der Waals surface area contributed by atoms with Crippen molar-refractivity contribution in [1.29, 1.82) is 0 Å². The van der Waals surface area contributed by atoms with Crippen LogP contribution in [0.4, 0.5) is 0 Å². The number of carbonyl (C=O) groups excluding carboxylic acids is 5. The number of nitrogens with two attached hydrogens (primary N) is 2. The van der Waals surface area contributed by atoms with E-state index in [9.17, 15) is 33.9 Å². The van der Waals surface area contributed by atoms with Crippen LogP contribution in [0.15, 0.2) is 30.3 Å². The van der Waals surface area contributed by atoms with Gasteiger partial charge in [0, 0.05) is 12.2 Å². The van der Waals surface area contributed by atoms with Crippen molar-refractivity contribution in [2.75, 3.05) is 5.75 Å². The Labute approximate surface area is 245 Å². The maximum Gasteiger partial charge on any atom is 0.327 e. The van der Waals surface area contributed by atoms with Gasteiger partial charge in [-0.3, -0.25) is 24.0 Å². The number of benzene rings is 1. The normalized spacial score (nSPS) is 14.7. The van der Waals surface area contributed by atoms with E-state index in [0.29, 0.717) is 0 Å². The Kier molecular flexibility index (Phi) is 14.9. The molecule has 0 aliphatic heterocycles. The van der Waals surface area contributed by atoms with Gasteiger partial charge in [0.15, 0.2) is 0 Å². The molecule has 0 radical (unpaired) electrons. The Morgan fingerprint density at radius 3 is 1.73 bits per heavy atom. The summed E-state index contributed by atoms with van der Waals surface area (Å²) in [4.78, 5) is 74.8. The zero-order valence-electron chi connectivity index (χ0n) is 23.8. The van der Waals surface area contributed by atoms with E-state index in [1.54, 1.807) is 52.0 Å². The maximum absolute atomic E-state index is 13.3. The monoisotopic (exact) mass is 594 g/mol. The van der Waals surface area contributed by atoms with E-state index < -0.39 is 77.6 Å². The topological polar surface area (TPSA) is 223 Å². The smallest absolute Gasteiger partial charge is 0.327 e. The lowest BCUT2D eigenvalue weighted by molar-refractivity contribution is -0.142. The van der Waals surface area contributed by atoms with Gasteiger partial charge in [0.05, 0.1) is 6.04 Å². The van der Waals surface area contributed by atoms with Crippen molar-refractivity contribution in [3.05, 3.63) is 35.9 Å². The number of hydrogen-bond donors (Lipinski definition) is 8. The van der Waals surface area contributed by atoms with Crippen LogP contribution in [-0.2, 0) is 35.2 Å². The van der Waals surface area contributed by atoms with Gasteiger partial charge in [-0.25, -0.2) is 4.79 Å². The molecule has 0 spiro atoms. The van der Waals surface area contributed by atoms with Crippen LogP contribution in [-0.4, -0.2) is 76.6 Å². The van der Waals surface area contributed by atoms with Crippen molar-refractivity contribution in [2.45, 2.75) is 77.2 Å². The van der Waals surface area contributed by atoms with Crippen molar-refractivity contribution < 1.29 is 33.9 Å². The third kappa shape index (κ3) is 12.2. The Bertz CT molecular complexity index is 1070. The third-order valence-electron chi connectivity index (χ3n) is 6.24. The van der Waals surface area contributed by atoms with Crippen molar-refractivity contribution in [1.82, 2.24) is 21.3 Å². The first kappa shape index (κ1) is 35.4. The number of carboxylic acid groups (broad SMARTS) is 1. The number of aliphatic carboxylic acids is 1. The summed E-state index contributed by atoms with van der Waals surface area (Å²) in [6.45, 7) is 6.67. The fourth-order valence-electron chi connectivity index (χ4n) is 3.81. The predicted molar refractivity (Wildman–Crippen MR) is 155 cm³/mol. The van der Waals surface area contributed by atoms with E-state index in [-0.39, 0.29) is 25.0 Å². The highest BCUT2D eigenvalue weighted by molar-refractivity contribution is 7.80. The Morgan fingerprint density at radius 2 is 1.27 bits per heavy atom. The quantitative estimate of drug-likeness (QED) is 0.105. The molecular formula is C27H42N6O7S. The zero-order valence-corrected chi connectivity index (χ0v) is 24.6. The summed E-state index contributed by atoms with van der Waals surface area (Å²) in [7, 11) is 0. The molecule has 9 N–H and O–H groups in total. The molecule has 0 bridgehead atoms. The second kappa shape index (κ2) is 17.2. The van der Waals surface area contributed by atoms with E-state index in [1.807, 2.05) is 6.07 Å². The first-order valence-corrected chi connectivity index (χ1v) is 13.9. The lowest BCUT2D eigenvalue weighted by Gasteiger charge is -2.29. The summed E-state index contributed by atoms with van der Waals surface area (Å²) in [6.07, 6.45) is -0.131. The third-order valence-corrected chi connectivity index (χ3v) is 6.60. The lowest BCUT2D eigenvalue weighted by Crippen LogP contribution is -2.60. The van der Waals surface area contributed by atoms with Crippen LogP contribution >= 0.6 is 12.6 Å². The SMILES string of the molecule is CC(C)[C@H](NC(=O)[C@H](CCC(N)=O)NC(=O)[C@@H](N)Cc1ccccc1)C(=O)N[C@H](C(=O)N[C@@H](CS)C(=O)O)C(C)C. The van der Waals surface area contributed by atoms with E-state index in [2.05, 4.69) is 33.9 Å². The maximum atomic E-state index is 13.3. The van der Waals surface area contributed by atoms with E-state index in [4.69, 9.17) is 11.5 Å². The molecule has 41 heavy (non-hydrogen) atoms. The molecule has 0 fully saturated rings. The number of rotatable bonds is 17. The Morgan fingerprint density at radius 1 is 0.780 bits per heavy atom. The average Bonchev–Trinajstić information content (AvgIpc) is 2.90. The molecule has 0 aliphatic rings. The van der Waals surface area contributed by atoms with Gasteiger partial charge in [-0.2, -0.15) is 12.6 Å². The van der Waals surface area contributed by atoms with Gasteiger partial charge in [-0.15, -0.1) is 0 Å². The van der Waals surface area contributed by atoms with Crippen LogP contribution in [0.3, 0.4) is 0 Å².